The smallest absolute Gasteiger partial charge is 0.230 e. The third-order valence-electron chi connectivity index (χ3n) is 3.76. The number of hydrazine groups is 1. The van der Waals surface area contributed by atoms with Crippen molar-refractivity contribution < 1.29 is 8.42 Å². The summed E-state index contributed by atoms with van der Waals surface area (Å²) in [5.74, 6) is 5.91. The Bertz CT molecular complexity index is 967. The minimum absolute atomic E-state index is 0.0134. The summed E-state index contributed by atoms with van der Waals surface area (Å²) in [7, 11) is -3.94. The summed E-state index contributed by atoms with van der Waals surface area (Å²) in [5.41, 5.74) is 2.54. The summed E-state index contributed by atoms with van der Waals surface area (Å²) in [6, 6.07) is 13.9. The van der Waals surface area contributed by atoms with E-state index in [2.05, 4.69) is 10.1 Å². The molecule has 0 radical (unpaired) electrons. The number of aromatic nitrogens is 3. The topological polar surface area (TPSA) is 94.1 Å². The Labute approximate surface area is 140 Å². The Morgan fingerprint density at radius 1 is 1.04 bits per heavy atom. The van der Waals surface area contributed by atoms with Crippen LogP contribution in [0.4, 0.5) is 5.95 Å². The van der Waals surface area contributed by atoms with Crippen LogP contribution in [-0.4, -0.2) is 23.2 Å². The lowest BCUT2D eigenvalue weighted by atomic mass is 10.1. The number of para-hydroxylation sites is 1. The van der Waals surface area contributed by atoms with Gasteiger partial charge < -0.3 is 0 Å². The predicted molar refractivity (Wildman–Crippen MR) is 91.1 cm³/mol. The second-order valence-corrected chi connectivity index (χ2v) is 7.17. The van der Waals surface area contributed by atoms with Crippen LogP contribution >= 0.6 is 0 Å². The number of hydrogen-bond donors (Lipinski definition) is 1. The lowest BCUT2D eigenvalue weighted by Gasteiger charge is -2.18. The molecule has 0 unspecified atom stereocenters. The van der Waals surface area contributed by atoms with Crippen LogP contribution in [0.15, 0.2) is 59.8 Å². The van der Waals surface area contributed by atoms with Crippen molar-refractivity contribution in [3.05, 3.63) is 66.0 Å². The number of benzene rings is 2. The molecule has 2 aromatic carbocycles. The van der Waals surface area contributed by atoms with Gasteiger partial charge in [0.1, 0.15) is 6.33 Å². The van der Waals surface area contributed by atoms with E-state index < -0.39 is 10.0 Å². The molecule has 0 fully saturated rings. The first-order valence-electron chi connectivity index (χ1n) is 7.24. The first-order valence-corrected chi connectivity index (χ1v) is 8.68. The molecule has 2 N–H and O–H groups in total. The van der Waals surface area contributed by atoms with E-state index >= 15 is 0 Å². The zero-order valence-electron chi connectivity index (χ0n) is 13.3. The SMILES string of the molecule is Cc1ccc(S(=O)(=O)N(N)c2ncnn2-c2ccccc2)cc1C. The van der Waals surface area contributed by atoms with Gasteiger partial charge in [0.05, 0.1) is 10.6 Å². The second kappa shape index (κ2) is 6.06. The summed E-state index contributed by atoms with van der Waals surface area (Å²) in [6.07, 6.45) is 1.26. The monoisotopic (exact) mass is 343 g/mol. The highest BCUT2D eigenvalue weighted by molar-refractivity contribution is 7.92. The van der Waals surface area contributed by atoms with E-state index in [-0.39, 0.29) is 10.8 Å². The van der Waals surface area contributed by atoms with Crippen molar-refractivity contribution in [1.82, 2.24) is 14.8 Å². The number of nitrogens with zero attached hydrogens (tertiary/aromatic N) is 4. The van der Waals surface area contributed by atoms with E-state index in [1.165, 1.54) is 17.1 Å². The Balaban J connectivity index is 2.05. The standard InChI is InChI=1S/C16H17N5O2S/c1-12-8-9-15(10-13(12)2)24(22,23)21(17)16-18-11-19-20(16)14-6-4-3-5-7-14/h3-11H,17H2,1-2H3. The third-order valence-corrected chi connectivity index (χ3v) is 5.29. The lowest BCUT2D eigenvalue weighted by Crippen LogP contribution is -2.39. The quantitative estimate of drug-likeness (QED) is 0.577. The molecule has 3 rings (SSSR count). The highest BCUT2D eigenvalue weighted by Crippen LogP contribution is 2.22. The maximum Gasteiger partial charge on any atom is 0.280 e. The van der Waals surface area contributed by atoms with Gasteiger partial charge in [-0.2, -0.15) is 27.6 Å². The van der Waals surface area contributed by atoms with Crippen LogP contribution in [0.1, 0.15) is 11.1 Å². The van der Waals surface area contributed by atoms with Gasteiger partial charge >= 0.3 is 0 Å². The molecule has 0 saturated carbocycles. The normalized spacial score (nSPS) is 11.5. The van der Waals surface area contributed by atoms with Gasteiger partial charge in [0.25, 0.3) is 16.0 Å². The number of rotatable bonds is 4. The number of sulfonamides is 1. The molecule has 24 heavy (non-hydrogen) atoms. The van der Waals surface area contributed by atoms with Gasteiger partial charge in [0.15, 0.2) is 0 Å². The van der Waals surface area contributed by atoms with Gasteiger partial charge in [-0.3, -0.25) is 0 Å². The average Bonchev–Trinajstić information content (AvgIpc) is 3.06. The number of anilines is 1. The molecular formula is C16H17N5O2S. The van der Waals surface area contributed by atoms with Crippen molar-refractivity contribution in [2.24, 2.45) is 5.84 Å². The van der Waals surface area contributed by atoms with E-state index in [0.717, 1.165) is 11.1 Å². The molecule has 3 aromatic rings. The summed E-state index contributed by atoms with van der Waals surface area (Å²) in [5, 5.41) is 4.07. The summed E-state index contributed by atoms with van der Waals surface area (Å²) >= 11 is 0. The fourth-order valence-electron chi connectivity index (χ4n) is 2.23. The van der Waals surface area contributed by atoms with Crippen LogP contribution in [0.2, 0.25) is 0 Å². The Morgan fingerprint density at radius 3 is 2.42 bits per heavy atom. The van der Waals surface area contributed by atoms with Crippen LogP contribution < -0.4 is 10.3 Å². The van der Waals surface area contributed by atoms with Gasteiger partial charge in [0, 0.05) is 0 Å². The van der Waals surface area contributed by atoms with E-state index in [0.29, 0.717) is 10.1 Å². The van der Waals surface area contributed by atoms with Crippen molar-refractivity contribution >= 4 is 16.0 Å². The van der Waals surface area contributed by atoms with Crippen LogP contribution in [-0.2, 0) is 10.0 Å². The van der Waals surface area contributed by atoms with Crippen molar-refractivity contribution in [3.8, 4) is 5.69 Å². The molecule has 8 heteroatoms. The lowest BCUT2D eigenvalue weighted by molar-refractivity contribution is 0.590. The summed E-state index contributed by atoms with van der Waals surface area (Å²) in [4.78, 5) is 4.11. The first kappa shape index (κ1) is 16.2. The molecule has 0 spiro atoms. The van der Waals surface area contributed by atoms with Crippen molar-refractivity contribution in [1.29, 1.82) is 0 Å². The second-order valence-electron chi connectivity index (χ2n) is 5.35. The number of aryl methyl sites for hydroxylation is 2. The van der Waals surface area contributed by atoms with E-state index in [4.69, 9.17) is 5.84 Å². The predicted octanol–water partition coefficient (Wildman–Crippen LogP) is 1.95. The summed E-state index contributed by atoms with van der Waals surface area (Å²) in [6.45, 7) is 3.76. The third kappa shape index (κ3) is 2.77. The van der Waals surface area contributed by atoms with Gasteiger partial charge in [-0.05, 0) is 49.2 Å². The largest absolute Gasteiger partial charge is 0.280 e. The molecule has 124 valence electrons. The van der Waals surface area contributed by atoms with Gasteiger partial charge in [-0.25, -0.2) is 5.84 Å². The van der Waals surface area contributed by atoms with Crippen LogP contribution in [0, 0.1) is 13.8 Å². The maximum atomic E-state index is 12.8. The fraction of sp³-hybridized carbons (Fsp3) is 0.125. The highest BCUT2D eigenvalue weighted by atomic mass is 32.2. The molecule has 1 heterocycles. The fourth-order valence-corrected chi connectivity index (χ4v) is 3.36. The van der Waals surface area contributed by atoms with Crippen LogP contribution in [0.25, 0.3) is 5.69 Å². The van der Waals surface area contributed by atoms with E-state index in [9.17, 15) is 8.42 Å². The van der Waals surface area contributed by atoms with Crippen molar-refractivity contribution in [3.63, 3.8) is 0 Å². The molecule has 0 aliphatic carbocycles. The molecule has 0 aliphatic heterocycles. The zero-order chi connectivity index (χ0) is 17.3. The molecule has 0 amide bonds. The van der Waals surface area contributed by atoms with Crippen molar-refractivity contribution in [2.75, 3.05) is 4.41 Å². The molecule has 7 nitrogen and oxygen atoms in total. The molecule has 0 aliphatic rings. The van der Waals surface area contributed by atoms with E-state index in [1.54, 1.807) is 24.3 Å². The van der Waals surface area contributed by atoms with E-state index in [1.807, 2.05) is 32.0 Å². The zero-order valence-corrected chi connectivity index (χ0v) is 14.1. The van der Waals surface area contributed by atoms with Crippen molar-refractivity contribution in [2.45, 2.75) is 18.7 Å². The Morgan fingerprint density at radius 2 is 1.75 bits per heavy atom. The first-order chi connectivity index (χ1) is 11.4. The number of nitrogens with two attached hydrogens (primary N) is 1. The Hall–Kier alpha value is -2.71. The van der Waals surface area contributed by atoms with Gasteiger partial charge in [-0.15, -0.1) is 0 Å². The van der Waals surface area contributed by atoms with Gasteiger partial charge in [-0.1, -0.05) is 24.3 Å². The van der Waals surface area contributed by atoms with Crippen LogP contribution in [0.3, 0.4) is 0 Å². The highest BCUT2D eigenvalue weighted by Gasteiger charge is 2.27. The maximum absolute atomic E-state index is 12.8. The molecule has 0 saturated heterocycles. The molecule has 1 aromatic heterocycles. The molecule has 0 bridgehead atoms. The van der Waals surface area contributed by atoms with Gasteiger partial charge in [0.2, 0.25) is 0 Å². The number of hydrogen-bond acceptors (Lipinski definition) is 5. The minimum atomic E-state index is -3.94. The summed E-state index contributed by atoms with van der Waals surface area (Å²) < 4.78 is 27.6. The molecular weight excluding hydrogens is 326 g/mol. The van der Waals surface area contributed by atoms with Crippen LogP contribution in [0.5, 0.6) is 0 Å². The minimum Gasteiger partial charge on any atom is -0.230 e. The molecule has 0 atom stereocenters. The Kier molecular flexibility index (Phi) is 4.08. The average molecular weight is 343 g/mol.